The molecule has 72 valence electrons. The number of alkyl halides is 1. The second-order valence-corrected chi connectivity index (χ2v) is 2.82. The van der Waals surface area contributed by atoms with E-state index in [0.29, 0.717) is 5.33 Å². The summed E-state index contributed by atoms with van der Waals surface area (Å²) in [5, 5.41) is 8.97. The van der Waals surface area contributed by atoms with Crippen LogP contribution in [0.4, 0.5) is 4.39 Å². The number of carboxylic acid groups (broad SMARTS) is 1. The Morgan fingerprint density at radius 1 is 1.71 bits per heavy atom. The summed E-state index contributed by atoms with van der Waals surface area (Å²) in [7, 11) is 0. The summed E-state index contributed by atoms with van der Waals surface area (Å²) in [5.41, 5.74) is -0.566. The Morgan fingerprint density at radius 3 is 3.00 bits per heavy atom. The van der Waals surface area contributed by atoms with Crippen molar-refractivity contribution in [3.8, 4) is 11.8 Å². The molecule has 0 bridgehead atoms. The number of carbonyl (C=O) groups is 1. The number of hydrogen-bond acceptors (Lipinski definition) is 2. The lowest BCUT2D eigenvalue weighted by Crippen LogP contribution is -2.03. The molecule has 0 aliphatic carbocycles. The highest BCUT2D eigenvalue weighted by Gasteiger charge is 2.13. The molecule has 1 aromatic heterocycles. The summed E-state index contributed by atoms with van der Waals surface area (Å²) in [6, 6.07) is 1.09. The van der Waals surface area contributed by atoms with Crippen molar-refractivity contribution < 1.29 is 14.3 Å². The van der Waals surface area contributed by atoms with Gasteiger partial charge in [0.15, 0.2) is 5.82 Å². The summed E-state index contributed by atoms with van der Waals surface area (Å²) < 4.78 is 13.3. The number of pyridine rings is 1. The van der Waals surface area contributed by atoms with E-state index >= 15 is 0 Å². The molecule has 0 fully saturated rings. The molecule has 0 spiro atoms. The number of aromatic nitrogens is 1. The average molecular weight is 258 g/mol. The van der Waals surface area contributed by atoms with Crippen molar-refractivity contribution in [2.45, 2.75) is 0 Å². The highest BCUT2D eigenvalue weighted by atomic mass is 79.9. The van der Waals surface area contributed by atoms with Crippen molar-refractivity contribution in [2.75, 3.05) is 5.33 Å². The largest absolute Gasteiger partial charge is 0.478 e. The second kappa shape index (κ2) is 4.72. The van der Waals surface area contributed by atoms with Gasteiger partial charge in [0.2, 0.25) is 0 Å². The summed E-state index contributed by atoms with van der Waals surface area (Å²) >= 11 is 3.04. The minimum Gasteiger partial charge on any atom is -0.478 e. The molecule has 3 nitrogen and oxygen atoms in total. The molecule has 0 unspecified atom stereocenters. The predicted molar refractivity (Wildman–Crippen MR) is 51.8 cm³/mol. The van der Waals surface area contributed by atoms with Gasteiger partial charge in [-0.2, -0.15) is 0 Å². The molecule has 1 aromatic rings. The zero-order valence-corrected chi connectivity index (χ0v) is 8.51. The van der Waals surface area contributed by atoms with E-state index in [1.54, 1.807) is 0 Å². The van der Waals surface area contributed by atoms with Crippen LogP contribution in [-0.4, -0.2) is 21.4 Å². The minimum atomic E-state index is -1.33. The molecule has 14 heavy (non-hydrogen) atoms. The first-order valence-corrected chi connectivity index (χ1v) is 4.71. The third kappa shape index (κ3) is 2.30. The minimum absolute atomic E-state index is 0.149. The molecule has 0 aromatic carbocycles. The first-order chi connectivity index (χ1) is 6.66. The molecular formula is C9H5BrFNO2. The number of aromatic carboxylic acids is 1. The van der Waals surface area contributed by atoms with Gasteiger partial charge in [0.05, 0.1) is 10.9 Å². The molecule has 0 saturated heterocycles. The zero-order chi connectivity index (χ0) is 10.6. The van der Waals surface area contributed by atoms with Crippen LogP contribution in [0, 0.1) is 17.7 Å². The van der Waals surface area contributed by atoms with E-state index in [9.17, 15) is 9.18 Å². The van der Waals surface area contributed by atoms with Gasteiger partial charge >= 0.3 is 5.97 Å². The number of rotatable bonds is 1. The molecule has 1 rings (SSSR count). The van der Waals surface area contributed by atoms with Crippen LogP contribution in [0.5, 0.6) is 0 Å². The summed E-state index contributed by atoms with van der Waals surface area (Å²) in [6.45, 7) is 0. The van der Waals surface area contributed by atoms with Gasteiger partial charge in [-0.05, 0) is 12.0 Å². The standard InChI is InChI=1S/C9H5BrFNO2/c10-4-1-2-7-8(11)6(9(13)14)3-5-12-7/h3,5H,4H2,(H,13,14). The molecule has 0 aliphatic rings. The van der Waals surface area contributed by atoms with E-state index < -0.39 is 17.3 Å². The Hall–Kier alpha value is -1.41. The molecular weight excluding hydrogens is 253 g/mol. The summed E-state index contributed by atoms with van der Waals surface area (Å²) in [5.74, 6) is 2.73. The third-order valence-corrected chi connectivity index (χ3v) is 1.67. The van der Waals surface area contributed by atoms with Crippen molar-refractivity contribution >= 4 is 21.9 Å². The fraction of sp³-hybridized carbons (Fsp3) is 0.111. The Labute approximate surface area is 88.1 Å². The van der Waals surface area contributed by atoms with Crippen molar-refractivity contribution in [3.05, 3.63) is 29.3 Å². The second-order valence-electron chi connectivity index (χ2n) is 2.26. The molecule has 1 heterocycles. The van der Waals surface area contributed by atoms with Gasteiger partial charge in [0, 0.05) is 6.20 Å². The quantitative estimate of drug-likeness (QED) is 0.615. The Balaban J connectivity index is 3.20. The van der Waals surface area contributed by atoms with E-state index in [1.807, 2.05) is 0 Å². The maximum absolute atomic E-state index is 13.3. The monoisotopic (exact) mass is 257 g/mol. The van der Waals surface area contributed by atoms with Gasteiger partial charge in [-0.15, -0.1) is 0 Å². The molecule has 0 atom stereocenters. The summed E-state index contributed by atoms with van der Waals surface area (Å²) in [4.78, 5) is 14.1. The Morgan fingerprint density at radius 2 is 2.43 bits per heavy atom. The number of halogens is 2. The van der Waals surface area contributed by atoms with Crippen LogP contribution in [0.3, 0.4) is 0 Å². The summed E-state index contributed by atoms with van der Waals surface area (Å²) in [6.07, 6.45) is 1.21. The topological polar surface area (TPSA) is 50.2 Å². The third-order valence-electron chi connectivity index (χ3n) is 1.39. The van der Waals surface area contributed by atoms with Gasteiger partial charge in [-0.3, -0.25) is 0 Å². The van der Waals surface area contributed by atoms with Crippen LogP contribution in [-0.2, 0) is 0 Å². The van der Waals surface area contributed by atoms with Crippen molar-refractivity contribution in [1.82, 2.24) is 4.98 Å². The van der Waals surface area contributed by atoms with E-state index in [4.69, 9.17) is 5.11 Å². The normalized spacial score (nSPS) is 9.00. The van der Waals surface area contributed by atoms with E-state index in [0.717, 1.165) is 6.07 Å². The SMILES string of the molecule is O=C(O)c1ccnc(C#CCBr)c1F. The lowest BCUT2D eigenvalue weighted by atomic mass is 10.2. The molecule has 0 saturated carbocycles. The fourth-order valence-corrected chi connectivity index (χ4v) is 0.953. The van der Waals surface area contributed by atoms with Crippen LogP contribution in [0.15, 0.2) is 12.3 Å². The van der Waals surface area contributed by atoms with Crippen molar-refractivity contribution in [1.29, 1.82) is 0 Å². The van der Waals surface area contributed by atoms with Crippen LogP contribution < -0.4 is 0 Å². The van der Waals surface area contributed by atoms with E-state index in [2.05, 4.69) is 32.8 Å². The highest BCUT2D eigenvalue weighted by Crippen LogP contribution is 2.09. The molecule has 1 N–H and O–H groups in total. The maximum Gasteiger partial charge on any atom is 0.338 e. The van der Waals surface area contributed by atoms with Crippen molar-refractivity contribution in [2.24, 2.45) is 0 Å². The molecule has 0 radical (unpaired) electrons. The lowest BCUT2D eigenvalue weighted by molar-refractivity contribution is 0.0691. The Bertz CT molecular complexity index is 423. The molecule has 0 amide bonds. The Kier molecular flexibility index (Phi) is 3.60. The van der Waals surface area contributed by atoms with E-state index in [-0.39, 0.29) is 5.69 Å². The van der Waals surface area contributed by atoms with E-state index in [1.165, 1.54) is 6.20 Å². The maximum atomic E-state index is 13.3. The van der Waals surface area contributed by atoms with Crippen LogP contribution in [0.1, 0.15) is 16.1 Å². The van der Waals surface area contributed by atoms with Crippen molar-refractivity contribution in [3.63, 3.8) is 0 Å². The smallest absolute Gasteiger partial charge is 0.338 e. The zero-order valence-electron chi connectivity index (χ0n) is 6.92. The lowest BCUT2D eigenvalue weighted by Gasteiger charge is -1.97. The van der Waals surface area contributed by atoms with Gasteiger partial charge < -0.3 is 5.11 Å². The van der Waals surface area contributed by atoms with Crippen LogP contribution >= 0.6 is 15.9 Å². The number of carboxylic acids is 1. The van der Waals surface area contributed by atoms with Gasteiger partial charge in [-0.25, -0.2) is 14.2 Å². The molecule has 5 heteroatoms. The average Bonchev–Trinajstić information content (AvgIpc) is 2.16. The number of nitrogens with zero attached hydrogens (tertiary/aromatic N) is 1. The first-order valence-electron chi connectivity index (χ1n) is 3.59. The van der Waals surface area contributed by atoms with Gasteiger partial charge in [0.1, 0.15) is 5.69 Å². The highest BCUT2D eigenvalue weighted by molar-refractivity contribution is 9.09. The fourth-order valence-electron chi connectivity index (χ4n) is 0.813. The van der Waals surface area contributed by atoms with Gasteiger partial charge in [0.25, 0.3) is 0 Å². The van der Waals surface area contributed by atoms with Crippen LogP contribution in [0.25, 0.3) is 0 Å². The first kappa shape index (κ1) is 10.7. The molecule has 0 aliphatic heterocycles. The van der Waals surface area contributed by atoms with Crippen LogP contribution in [0.2, 0.25) is 0 Å². The van der Waals surface area contributed by atoms with Gasteiger partial charge in [-0.1, -0.05) is 21.9 Å². The number of hydrogen-bond donors (Lipinski definition) is 1. The predicted octanol–water partition coefficient (Wildman–Crippen LogP) is 1.67.